The molecule has 2 aromatic rings. The standard InChI is InChI=1S/C12H11NO2S/c14-9-15-7-6-11-12(13-8-16-11)10-4-2-1-3-5-10/h1-5,8-9H,6-7H2. The fourth-order valence-electron chi connectivity index (χ4n) is 1.48. The Bertz CT molecular complexity index is 453. The van der Waals surface area contributed by atoms with Crippen LogP contribution in [0, 0.1) is 0 Å². The zero-order chi connectivity index (χ0) is 11.2. The van der Waals surface area contributed by atoms with E-state index in [1.165, 1.54) is 0 Å². The SMILES string of the molecule is O=COCCc1scnc1-c1ccccc1. The lowest BCUT2D eigenvalue weighted by Gasteiger charge is -2.01. The summed E-state index contributed by atoms with van der Waals surface area (Å²) >= 11 is 1.59. The van der Waals surface area contributed by atoms with E-state index in [1.54, 1.807) is 11.3 Å². The Balaban J connectivity index is 2.16. The molecule has 2 rings (SSSR count). The molecule has 0 saturated carbocycles. The van der Waals surface area contributed by atoms with Gasteiger partial charge in [-0.1, -0.05) is 30.3 Å². The zero-order valence-corrected chi connectivity index (χ0v) is 9.44. The smallest absolute Gasteiger partial charge is 0.293 e. The van der Waals surface area contributed by atoms with Gasteiger partial charge in [-0.05, 0) is 0 Å². The highest BCUT2D eigenvalue weighted by Crippen LogP contribution is 2.25. The predicted molar refractivity (Wildman–Crippen MR) is 63.3 cm³/mol. The van der Waals surface area contributed by atoms with Crippen LogP contribution in [0.4, 0.5) is 0 Å². The molecule has 4 heteroatoms. The molecule has 0 amide bonds. The summed E-state index contributed by atoms with van der Waals surface area (Å²) in [5, 5.41) is 0. The number of hydrogen-bond donors (Lipinski definition) is 0. The lowest BCUT2D eigenvalue weighted by atomic mass is 10.1. The van der Waals surface area contributed by atoms with Gasteiger partial charge in [0, 0.05) is 16.9 Å². The fourth-order valence-corrected chi connectivity index (χ4v) is 2.25. The van der Waals surface area contributed by atoms with Gasteiger partial charge in [-0.25, -0.2) is 4.98 Å². The number of nitrogens with zero attached hydrogens (tertiary/aromatic N) is 1. The molecule has 16 heavy (non-hydrogen) atoms. The zero-order valence-electron chi connectivity index (χ0n) is 8.63. The van der Waals surface area contributed by atoms with Crippen molar-refractivity contribution in [2.45, 2.75) is 6.42 Å². The van der Waals surface area contributed by atoms with Crippen LogP contribution in [0.3, 0.4) is 0 Å². The maximum Gasteiger partial charge on any atom is 0.293 e. The third kappa shape index (κ3) is 2.46. The Morgan fingerprint density at radius 1 is 1.31 bits per heavy atom. The molecule has 82 valence electrons. The Morgan fingerprint density at radius 2 is 2.12 bits per heavy atom. The van der Waals surface area contributed by atoms with Crippen LogP contribution in [0.25, 0.3) is 11.3 Å². The fraction of sp³-hybridized carbons (Fsp3) is 0.167. The second-order valence-corrected chi connectivity index (χ2v) is 4.15. The molecule has 0 atom stereocenters. The minimum atomic E-state index is 0.408. The van der Waals surface area contributed by atoms with E-state index in [-0.39, 0.29) is 0 Å². The van der Waals surface area contributed by atoms with Crippen molar-refractivity contribution in [3.63, 3.8) is 0 Å². The van der Waals surface area contributed by atoms with E-state index < -0.39 is 0 Å². The number of rotatable bonds is 5. The molecule has 3 nitrogen and oxygen atoms in total. The van der Waals surface area contributed by atoms with Crippen molar-refractivity contribution in [3.05, 3.63) is 40.7 Å². The molecular weight excluding hydrogens is 222 g/mol. The Labute approximate surface area is 97.7 Å². The normalized spacial score (nSPS) is 10.0. The van der Waals surface area contributed by atoms with Gasteiger partial charge in [-0.15, -0.1) is 11.3 Å². The van der Waals surface area contributed by atoms with Crippen molar-refractivity contribution in [2.75, 3.05) is 6.61 Å². The molecular formula is C12H11NO2S. The number of benzene rings is 1. The summed E-state index contributed by atoms with van der Waals surface area (Å²) in [5.41, 5.74) is 3.91. The summed E-state index contributed by atoms with van der Waals surface area (Å²) in [4.78, 5) is 15.5. The highest BCUT2D eigenvalue weighted by molar-refractivity contribution is 7.10. The third-order valence-corrected chi connectivity index (χ3v) is 3.10. The molecule has 0 aliphatic rings. The molecule has 1 aromatic heterocycles. The van der Waals surface area contributed by atoms with Crippen molar-refractivity contribution in [3.8, 4) is 11.3 Å². The van der Waals surface area contributed by atoms with Crippen LogP contribution < -0.4 is 0 Å². The number of ether oxygens (including phenoxy) is 1. The third-order valence-electron chi connectivity index (χ3n) is 2.20. The molecule has 0 fully saturated rings. The van der Waals surface area contributed by atoms with E-state index in [2.05, 4.69) is 4.98 Å². The Kier molecular flexibility index (Phi) is 3.66. The molecule has 0 unspecified atom stereocenters. The Hall–Kier alpha value is -1.68. The van der Waals surface area contributed by atoms with Gasteiger partial charge < -0.3 is 4.74 Å². The van der Waals surface area contributed by atoms with Gasteiger partial charge in [0.2, 0.25) is 0 Å². The van der Waals surface area contributed by atoms with Crippen LogP contribution in [0.2, 0.25) is 0 Å². The number of carbonyl (C=O) groups is 1. The summed E-state index contributed by atoms with van der Waals surface area (Å²) in [6, 6.07) is 10.0. The topological polar surface area (TPSA) is 39.2 Å². The first-order valence-corrected chi connectivity index (χ1v) is 5.83. The van der Waals surface area contributed by atoms with E-state index >= 15 is 0 Å². The Morgan fingerprint density at radius 3 is 2.88 bits per heavy atom. The quantitative estimate of drug-likeness (QED) is 0.588. The maximum atomic E-state index is 10.1. The van der Waals surface area contributed by atoms with E-state index in [4.69, 9.17) is 4.74 Å². The summed E-state index contributed by atoms with van der Waals surface area (Å²) in [7, 11) is 0. The lowest BCUT2D eigenvalue weighted by molar-refractivity contribution is -0.128. The first kappa shape index (κ1) is 10.8. The minimum absolute atomic E-state index is 0.408. The second-order valence-electron chi connectivity index (χ2n) is 3.21. The monoisotopic (exact) mass is 233 g/mol. The van der Waals surface area contributed by atoms with Gasteiger partial charge >= 0.3 is 0 Å². The highest BCUT2D eigenvalue weighted by atomic mass is 32.1. The molecule has 0 bridgehead atoms. The van der Waals surface area contributed by atoms with Crippen molar-refractivity contribution in [1.82, 2.24) is 4.98 Å². The second kappa shape index (κ2) is 5.42. The largest absolute Gasteiger partial charge is 0.468 e. The van der Waals surface area contributed by atoms with E-state index in [0.29, 0.717) is 19.5 Å². The number of carbonyl (C=O) groups excluding carboxylic acids is 1. The molecule has 0 radical (unpaired) electrons. The van der Waals surface area contributed by atoms with Gasteiger partial charge in [-0.3, -0.25) is 4.79 Å². The van der Waals surface area contributed by atoms with Gasteiger partial charge in [0.15, 0.2) is 0 Å². The average molecular weight is 233 g/mol. The first-order chi connectivity index (χ1) is 7.92. The summed E-state index contributed by atoms with van der Waals surface area (Å²) < 4.78 is 4.70. The molecule has 0 aliphatic carbocycles. The predicted octanol–water partition coefficient (Wildman–Crippen LogP) is 2.53. The maximum absolute atomic E-state index is 10.1. The highest BCUT2D eigenvalue weighted by Gasteiger charge is 2.07. The van der Waals surface area contributed by atoms with Crippen LogP contribution in [0.5, 0.6) is 0 Å². The lowest BCUT2D eigenvalue weighted by Crippen LogP contribution is -1.96. The molecule has 0 N–H and O–H groups in total. The van der Waals surface area contributed by atoms with Crippen molar-refractivity contribution >= 4 is 17.8 Å². The van der Waals surface area contributed by atoms with Crippen molar-refractivity contribution < 1.29 is 9.53 Å². The van der Waals surface area contributed by atoms with Gasteiger partial charge in [0.25, 0.3) is 6.47 Å². The first-order valence-electron chi connectivity index (χ1n) is 4.95. The van der Waals surface area contributed by atoms with Crippen molar-refractivity contribution in [1.29, 1.82) is 0 Å². The van der Waals surface area contributed by atoms with Gasteiger partial charge in [-0.2, -0.15) is 0 Å². The van der Waals surface area contributed by atoms with Gasteiger partial charge in [0.1, 0.15) is 0 Å². The van der Waals surface area contributed by atoms with E-state index in [0.717, 1.165) is 16.1 Å². The molecule has 0 aliphatic heterocycles. The van der Waals surface area contributed by atoms with Crippen LogP contribution in [-0.2, 0) is 16.0 Å². The molecule has 0 saturated heterocycles. The average Bonchev–Trinajstić information content (AvgIpc) is 2.79. The number of aromatic nitrogens is 1. The van der Waals surface area contributed by atoms with Crippen LogP contribution in [0.15, 0.2) is 35.8 Å². The van der Waals surface area contributed by atoms with Crippen LogP contribution >= 0.6 is 11.3 Å². The van der Waals surface area contributed by atoms with Crippen LogP contribution in [-0.4, -0.2) is 18.1 Å². The summed E-state index contributed by atoms with van der Waals surface area (Å²) in [6.07, 6.45) is 0.716. The molecule has 1 heterocycles. The van der Waals surface area contributed by atoms with E-state index in [1.807, 2.05) is 35.8 Å². The van der Waals surface area contributed by atoms with Crippen LogP contribution in [0.1, 0.15) is 4.88 Å². The molecule has 1 aromatic carbocycles. The van der Waals surface area contributed by atoms with Gasteiger partial charge in [0.05, 0.1) is 17.8 Å². The summed E-state index contributed by atoms with van der Waals surface area (Å²) in [5.74, 6) is 0. The number of hydrogen-bond acceptors (Lipinski definition) is 4. The minimum Gasteiger partial charge on any atom is -0.468 e. The summed E-state index contributed by atoms with van der Waals surface area (Å²) in [6.45, 7) is 0.884. The van der Waals surface area contributed by atoms with Crippen molar-refractivity contribution in [2.24, 2.45) is 0 Å². The van der Waals surface area contributed by atoms with E-state index in [9.17, 15) is 4.79 Å². The number of thiazole rings is 1. The molecule has 0 spiro atoms.